The molecule has 0 unspecified atom stereocenters. The molecule has 0 fully saturated rings. The fraction of sp³-hybridized carbons (Fsp3) is 0.125. The van der Waals surface area contributed by atoms with Gasteiger partial charge in [0.05, 0.1) is 0 Å². The normalized spacial score (nSPS) is 10.3. The van der Waals surface area contributed by atoms with E-state index in [4.69, 9.17) is 0 Å². The Bertz CT molecular complexity index is 757. The summed E-state index contributed by atoms with van der Waals surface area (Å²) in [5, 5.41) is 9.61. The largest absolute Gasteiger partial charge is 0.326 e. The predicted molar refractivity (Wildman–Crippen MR) is 87.0 cm³/mol. The smallest absolute Gasteiger partial charge is 0.292 e. The molecule has 7 nitrogen and oxygen atoms in total. The van der Waals surface area contributed by atoms with Crippen molar-refractivity contribution in [3.05, 3.63) is 66.7 Å². The van der Waals surface area contributed by atoms with E-state index in [1.54, 1.807) is 41.3 Å². The average molecular weight is 308 g/mol. The van der Waals surface area contributed by atoms with Crippen LogP contribution in [0.15, 0.2) is 61.1 Å². The Morgan fingerprint density at radius 2 is 1.74 bits per heavy atom. The molecule has 0 aromatic carbocycles. The molecule has 3 aromatic rings. The van der Waals surface area contributed by atoms with E-state index in [9.17, 15) is 4.79 Å². The van der Waals surface area contributed by atoms with Crippen LogP contribution in [0.25, 0.3) is 0 Å². The van der Waals surface area contributed by atoms with Crippen molar-refractivity contribution < 1.29 is 4.79 Å². The minimum Gasteiger partial charge on any atom is -0.292 e. The highest BCUT2D eigenvalue weighted by molar-refractivity contribution is 5.98. The topological polar surface area (TPSA) is 84.7 Å². The third-order valence-electron chi connectivity index (χ3n) is 3.11. The Morgan fingerprint density at radius 3 is 2.48 bits per heavy atom. The molecule has 2 N–H and O–H groups in total. The van der Waals surface area contributed by atoms with Crippen LogP contribution < -0.4 is 10.6 Å². The van der Waals surface area contributed by atoms with Crippen LogP contribution in [0.3, 0.4) is 0 Å². The van der Waals surface area contributed by atoms with E-state index in [0.29, 0.717) is 18.2 Å². The number of aromatic nitrogens is 4. The van der Waals surface area contributed by atoms with E-state index in [1.807, 2.05) is 24.4 Å². The lowest BCUT2D eigenvalue weighted by molar-refractivity contribution is 0.262. The SMILES string of the molecule is O=C(Nc1ccccn1)Nc1ccn(CCc2ccccn2)n1. The Hall–Kier alpha value is -3.22. The number of hydrogen-bond acceptors (Lipinski definition) is 4. The molecule has 116 valence electrons. The molecule has 23 heavy (non-hydrogen) atoms. The maximum Gasteiger partial charge on any atom is 0.326 e. The quantitative estimate of drug-likeness (QED) is 0.758. The van der Waals surface area contributed by atoms with Crippen molar-refractivity contribution in [2.45, 2.75) is 13.0 Å². The average Bonchev–Trinajstić information content (AvgIpc) is 3.02. The summed E-state index contributed by atoms with van der Waals surface area (Å²) in [5.41, 5.74) is 1.01. The summed E-state index contributed by atoms with van der Waals surface area (Å²) in [4.78, 5) is 20.1. The molecule has 0 aliphatic rings. The minimum absolute atomic E-state index is 0.376. The molecule has 0 aliphatic heterocycles. The second-order valence-corrected chi connectivity index (χ2v) is 4.83. The van der Waals surface area contributed by atoms with Crippen LogP contribution in [0.2, 0.25) is 0 Å². The highest BCUT2D eigenvalue weighted by Crippen LogP contribution is 2.06. The highest BCUT2D eigenvalue weighted by atomic mass is 16.2. The molecule has 7 heteroatoms. The number of anilines is 2. The second kappa shape index (κ2) is 7.17. The van der Waals surface area contributed by atoms with Gasteiger partial charge in [0.2, 0.25) is 0 Å². The van der Waals surface area contributed by atoms with Gasteiger partial charge in [-0.05, 0) is 24.3 Å². The lowest BCUT2D eigenvalue weighted by Crippen LogP contribution is -2.20. The van der Waals surface area contributed by atoms with E-state index < -0.39 is 0 Å². The zero-order valence-electron chi connectivity index (χ0n) is 12.4. The van der Waals surface area contributed by atoms with Crippen molar-refractivity contribution in [2.75, 3.05) is 10.6 Å². The molecule has 0 saturated carbocycles. The molecular weight excluding hydrogens is 292 g/mol. The third-order valence-corrected chi connectivity index (χ3v) is 3.11. The fourth-order valence-electron chi connectivity index (χ4n) is 2.03. The van der Waals surface area contributed by atoms with Gasteiger partial charge in [-0.15, -0.1) is 0 Å². The van der Waals surface area contributed by atoms with Crippen LogP contribution >= 0.6 is 0 Å². The Morgan fingerprint density at radius 1 is 0.957 bits per heavy atom. The molecular formula is C16H16N6O. The number of carbonyl (C=O) groups is 1. The second-order valence-electron chi connectivity index (χ2n) is 4.83. The number of amides is 2. The number of nitrogens with one attached hydrogen (secondary N) is 2. The van der Waals surface area contributed by atoms with Gasteiger partial charge in [0.1, 0.15) is 5.82 Å². The monoisotopic (exact) mass is 308 g/mol. The van der Waals surface area contributed by atoms with E-state index in [0.717, 1.165) is 12.1 Å². The van der Waals surface area contributed by atoms with Crippen LogP contribution in [-0.2, 0) is 13.0 Å². The van der Waals surface area contributed by atoms with Gasteiger partial charge in [-0.2, -0.15) is 5.10 Å². The van der Waals surface area contributed by atoms with Crippen LogP contribution in [0.4, 0.5) is 16.4 Å². The van der Waals surface area contributed by atoms with Gasteiger partial charge in [0.15, 0.2) is 5.82 Å². The first-order valence-corrected chi connectivity index (χ1v) is 7.22. The van der Waals surface area contributed by atoms with Crippen LogP contribution in [0, 0.1) is 0 Å². The number of rotatable bonds is 5. The third kappa shape index (κ3) is 4.37. The summed E-state index contributed by atoms with van der Waals surface area (Å²) in [6, 6.07) is 12.5. The van der Waals surface area contributed by atoms with E-state index in [-0.39, 0.29) is 6.03 Å². The molecule has 3 aromatic heterocycles. The van der Waals surface area contributed by atoms with E-state index in [1.165, 1.54) is 0 Å². The van der Waals surface area contributed by atoms with Gasteiger partial charge in [-0.1, -0.05) is 12.1 Å². The molecule has 0 bridgehead atoms. The number of carbonyl (C=O) groups excluding carboxylic acids is 1. The lowest BCUT2D eigenvalue weighted by Gasteiger charge is -2.04. The first-order valence-electron chi connectivity index (χ1n) is 7.22. The lowest BCUT2D eigenvalue weighted by atomic mass is 10.3. The first kappa shape index (κ1) is 14.7. The summed E-state index contributed by atoms with van der Waals surface area (Å²) in [5.74, 6) is 0.971. The zero-order chi connectivity index (χ0) is 15.9. The summed E-state index contributed by atoms with van der Waals surface area (Å²) < 4.78 is 1.77. The number of nitrogens with zero attached hydrogens (tertiary/aromatic N) is 4. The molecule has 3 rings (SSSR count). The standard InChI is InChI=1S/C16H16N6O/c23-16(19-14-6-2-4-10-18-14)20-15-8-12-22(21-15)11-7-13-5-1-3-9-17-13/h1-6,8-10,12H,7,11H2,(H2,18,19,20,21,23). The molecule has 3 heterocycles. The molecule has 0 aliphatic carbocycles. The van der Waals surface area contributed by atoms with Crippen molar-refractivity contribution in [2.24, 2.45) is 0 Å². The fourth-order valence-corrected chi connectivity index (χ4v) is 2.03. The Labute approximate surface area is 133 Å². The summed E-state index contributed by atoms with van der Waals surface area (Å²) in [6.07, 6.45) is 5.98. The minimum atomic E-state index is -0.376. The molecule has 2 amide bonds. The number of urea groups is 1. The summed E-state index contributed by atoms with van der Waals surface area (Å²) in [7, 11) is 0. The molecule has 0 atom stereocenters. The Balaban J connectivity index is 1.52. The van der Waals surface area contributed by atoms with Crippen molar-refractivity contribution in [3.63, 3.8) is 0 Å². The van der Waals surface area contributed by atoms with Crippen LogP contribution in [0.1, 0.15) is 5.69 Å². The molecule has 0 spiro atoms. The molecule has 0 saturated heterocycles. The van der Waals surface area contributed by atoms with Crippen LogP contribution in [-0.4, -0.2) is 25.8 Å². The van der Waals surface area contributed by atoms with Crippen molar-refractivity contribution in [1.29, 1.82) is 0 Å². The van der Waals surface area contributed by atoms with Gasteiger partial charge < -0.3 is 0 Å². The van der Waals surface area contributed by atoms with Gasteiger partial charge in [-0.25, -0.2) is 9.78 Å². The van der Waals surface area contributed by atoms with Crippen molar-refractivity contribution >= 4 is 17.7 Å². The predicted octanol–water partition coefficient (Wildman–Crippen LogP) is 2.56. The first-order chi connectivity index (χ1) is 11.3. The van der Waals surface area contributed by atoms with Crippen molar-refractivity contribution in [1.82, 2.24) is 19.7 Å². The number of hydrogen-bond donors (Lipinski definition) is 2. The van der Waals surface area contributed by atoms with Gasteiger partial charge in [0, 0.05) is 43.3 Å². The maximum atomic E-state index is 11.8. The van der Waals surface area contributed by atoms with Gasteiger partial charge >= 0.3 is 6.03 Å². The van der Waals surface area contributed by atoms with Gasteiger partial charge in [0.25, 0.3) is 0 Å². The van der Waals surface area contributed by atoms with Crippen molar-refractivity contribution in [3.8, 4) is 0 Å². The summed E-state index contributed by atoms with van der Waals surface area (Å²) >= 11 is 0. The summed E-state index contributed by atoms with van der Waals surface area (Å²) in [6.45, 7) is 0.695. The van der Waals surface area contributed by atoms with E-state index >= 15 is 0 Å². The van der Waals surface area contributed by atoms with E-state index in [2.05, 4.69) is 25.7 Å². The highest BCUT2D eigenvalue weighted by Gasteiger charge is 2.06. The maximum absolute atomic E-state index is 11.8. The van der Waals surface area contributed by atoms with Crippen LogP contribution in [0.5, 0.6) is 0 Å². The number of aryl methyl sites for hydroxylation is 2. The zero-order valence-corrected chi connectivity index (χ0v) is 12.4. The molecule has 0 radical (unpaired) electrons. The van der Waals surface area contributed by atoms with Gasteiger partial charge in [-0.3, -0.25) is 20.3 Å². The Kier molecular flexibility index (Phi) is 4.58. The number of pyridine rings is 2.